The number of hydrogen-bond acceptors (Lipinski definition) is 6. The maximum absolute atomic E-state index is 13.6. The van der Waals surface area contributed by atoms with Crippen molar-refractivity contribution >= 4 is 11.6 Å². The number of aliphatic hydroxyl groups excluding tert-OH is 2. The zero-order valence-corrected chi connectivity index (χ0v) is 19.2. The fourth-order valence-electron chi connectivity index (χ4n) is 6.60. The van der Waals surface area contributed by atoms with Gasteiger partial charge in [0.05, 0.1) is 11.8 Å². The van der Waals surface area contributed by atoms with E-state index in [0.29, 0.717) is 17.7 Å². The highest BCUT2D eigenvalue weighted by Gasteiger charge is 2.67. The topological polar surface area (TPSA) is 87.1 Å². The lowest BCUT2D eigenvalue weighted by molar-refractivity contribution is -0.250. The highest BCUT2D eigenvalue weighted by molar-refractivity contribution is 6.12. The van der Waals surface area contributed by atoms with E-state index in [1.54, 1.807) is 12.2 Å². The third-order valence-corrected chi connectivity index (χ3v) is 8.31. The molecule has 172 valence electrons. The minimum Gasteiger partial charge on any atom is -0.392 e. The van der Waals surface area contributed by atoms with Crippen LogP contribution < -0.4 is 0 Å². The fourth-order valence-corrected chi connectivity index (χ4v) is 6.60. The largest absolute Gasteiger partial charge is 0.392 e. The normalized spacial score (nSPS) is 35.9. The first-order chi connectivity index (χ1) is 15.3. The van der Waals surface area contributed by atoms with Gasteiger partial charge in [0.25, 0.3) is 0 Å². The van der Waals surface area contributed by atoms with Crippen molar-refractivity contribution in [1.82, 2.24) is 5.06 Å². The predicted molar refractivity (Wildman–Crippen MR) is 119 cm³/mol. The number of nitrogens with zero attached hydrogens (tertiary/aromatic N) is 1. The molecule has 0 aromatic carbocycles. The van der Waals surface area contributed by atoms with Gasteiger partial charge in [-0.1, -0.05) is 38.8 Å². The van der Waals surface area contributed by atoms with Gasteiger partial charge in [0.2, 0.25) is 0 Å². The van der Waals surface area contributed by atoms with Crippen molar-refractivity contribution in [2.45, 2.75) is 77.4 Å². The zero-order chi connectivity index (χ0) is 22.8. The van der Waals surface area contributed by atoms with Crippen LogP contribution in [0.2, 0.25) is 0 Å². The molecule has 4 aliphatic carbocycles. The van der Waals surface area contributed by atoms with E-state index in [1.807, 2.05) is 18.9 Å². The van der Waals surface area contributed by atoms with Gasteiger partial charge in [-0.05, 0) is 55.7 Å². The standard InChI is InChI=1S/C26H33NO5/c1-4-5-9-27-24-17-8-6-7-16(17)11-18(24)19-12-21(29)20-10-15(2)22(30)13-25(20,3)26(19,32-27)23(31)14-28/h10,12,15,22,28,30H,4-9,11,13-14H2,1-3H3/t15-,22-,25-,26+/m0/s1. The number of allylic oxidation sites excluding steroid dienone is 3. The van der Waals surface area contributed by atoms with Crippen molar-refractivity contribution < 1.29 is 24.6 Å². The summed E-state index contributed by atoms with van der Waals surface area (Å²) < 4.78 is 0. The molecule has 6 heteroatoms. The average molecular weight is 440 g/mol. The summed E-state index contributed by atoms with van der Waals surface area (Å²) in [6, 6.07) is 0. The molecule has 0 saturated heterocycles. The van der Waals surface area contributed by atoms with Crippen LogP contribution in [-0.4, -0.2) is 51.7 Å². The second kappa shape index (κ2) is 7.51. The minimum atomic E-state index is -1.52. The van der Waals surface area contributed by atoms with Crippen LogP contribution in [0.5, 0.6) is 0 Å². The second-order valence-electron chi connectivity index (χ2n) is 10.2. The highest BCUT2D eigenvalue weighted by atomic mass is 16.7. The number of carbonyl (C=O) groups is 2. The van der Waals surface area contributed by atoms with E-state index in [2.05, 4.69) is 6.92 Å². The minimum absolute atomic E-state index is 0.118. The smallest absolute Gasteiger partial charge is 0.198 e. The van der Waals surface area contributed by atoms with Crippen molar-refractivity contribution in [3.8, 4) is 0 Å². The van der Waals surface area contributed by atoms with Crippen LogP contribution in [0.25, 0.3) is 0 Å². The molecule has 5 rings (SSSR count). The summed E-state index contributed by atoms with van der Waals surface area (Å²) in [4.78, 5) is 33.7. The first-order valence-electron chi connectivity index (χ1n) is 12.0. The van der Waals surface area contributed by atoms with Gasteiger partial charge in [0, 0.05) is 29.0 Å². The Bertz CT molecular complexity index is 1020. The first-order valence-corrected chi connectivity index (χ1v) is 12.0. The van der Waals surface area contributed by atoms with Gasteiger partial charge in [-0.2, -0.15) is 0 Å². The SMILES string of the molecule is CCCCN1O[C@@]2(C(=O)CO)C(=CC(=O)C3=C[C@H](C)[C@@H](O)C[C@@]32C)C2=C1C1=C(CCC1)C2. The lowest BCUT2D eigenvalue weighted by Gasteiger charge is -2.57. The average Bonchev–Trinajstić information content (AvgIpc) is 3.35. The Labute approximate surface area is 189 Å². The van der Waals surface area contributed by atoms with Crippen molar-refractivity contribution in [2.24, 2.45) is 11.3 Å². The molecule has 0 unspecified atom stereocenters. The Kier molecular flexibility index (Phi) is 5.11. The van der Waals surface area contributed by atoms with Crippen molar-refractivity contribution in [2.75, 3.05) is 13.2 Å². The Morgan fingerprint density at radius 3 is 2.78 bits per heavy atom. The molecule has 1 aliphatic heterocycles. The van der Waals surface area contributed by atoms with E-state index in [1.165, 1.54) is 11.1 Å². The molecule has 0 aromatic rings. The molecule has 0 spiro atoms. The monoisotopic (exact) mass is 439 g/mol. The molecule has 0 amide bonds. The summed E-state index contributed by atoms with van der Waals surface area (Å²) in [6.07, 6.45) is 8.66. The molecular weight excluding hydrogens is 406 g/mol. The van der Waals surface area contributed by atoms with Gasteiger partial charge in [0.15, 0.2) is 17.2 Å². The molecule has 4 atom stereocenters. The molecule has 0 fully saturated rings. The van der Waals surface area contributed by atoms with Crippen LogP contribution in [0.4, 0.5) is 0 Å². The summed E-state index contributed by atoms with van der Waals surface area (Å²) in [5, 5.41) is 22.8. The van der Waals surface area contributed by atoms with Gasteiger partial charge >= 0.3 is 0 Å². The van der Waals surface area contributed by atoms with Crippen molar-refractivity contribution in [1.29, 1.82) is 0 Å². The van der Waals surface area contributed by atoms with Crippen LogP contribution >= 0.6 is 0 Å². The number of ketones is 2. The summed E-state index contributed by atoms with van der Waals surface area (Å²) in [6.45, 7) is 5.81. The number of unbranched alkanes of at least 4 members (excludes halogenated alkanes) is 1. The molecule has 32 heavy (non-hydrogen) atoms. The van der Waals surface area contributed by atoms with Crippen LogP contribution in [0.1, 0.15) is 65.7 Å². The van der Waals surface area contributed by atoms with Gasteiger partial charge in [-0.3, -0.25) is 19.5 Å². The number of Topliss-reactive ketones (excluding diaryl/α,β-unsaturated/α-hetero) is 1. The quantitative estimate of drug-likeness (QED) is 0.683. The van der Waals surface area contributed by atoms with E-state index in [9.17, 15) is 19.8 Å². The van der Waals surface area contributed by atoms with Crippen molar-refractivity contribution in [3.05, 3.63) is 45.7 Å². The van der Waals surface area contributed by atoms with Crippen LogP contribution in [0.15, 0.2) is 45.7 Å². The van der Waals surface area contributed by atoms with E-state index in [0.717, 1.165) is 49.8 Å². The lowest BCUT2D eigenvalue weighted by atomic mass is 9.52. The highest BCUT2D eigenvalue weighted by Crippen LogP contribution is 2.62. The number of hydroxylamine groups is 2. The molecule has 0 bridgehead atoms. The second-order valence-corrected chi connectivity index (χ2v) is 10.2. The fraction of sp³-hybridized carbons (Fsp3) is 0.615. The van der Waals surface area contributed by atoms with Crippen LogP contribution in [-0.2, 0) is 14.4 Å². The maximum atomic E-state index is 13.6. The Hall–Kier alpha value is -2.02. The van der Waals surface area contributed by atoms with Crippen LogP contribution in [0.3, 0.4) is 0 Å². The van der Waals surface area contributed by atoms with Crippen molar-refractivity contribution in [3.63, 3.8) is 0 Å². The molecule has 0 aromatic heterocycles. The Morgan fingerprint density at radius 1 is 1.28 bits per heavy atom. The Morgan fingerprint density at radius 2 is 2.06 bits per heavy atom. The molecular formula is C26H33NO5. The number of rotatable bonds is 5. The summed E-state index contributed by atoms with van der Waals surface area (Å²) in [5.74, 6) is -0.761. The molecule has 5 aliphatic rings. The van der Waals surface area contributed by atoms with E-state index in [4.69, 9.17) is 4.84 Å². The molecule has 1 heterocycles. The third-order valence-electron chi connectivity index (χ3n) is 8.31. The number of aliphatic hydroxyl groups is 2. The summed E-state index contributed by atoms with van der Waals surface area (Å²) >= 11 is 0. The van der Waals surface area contributed by atoms with E-state index >= 15 is 0 Å². The van der Waals surface area contributed by atoms with E-state index < -0.39 is 29.5 Å². The zero-order valence-electron chi connectivity index (χ0n) is 19.2. The van der Waals surface area contributed by atoms with Crippen LogP contribution in [0, 0.1) is 11.3 Å². The van der Waals surface area contributed by atoms with Gasteiger partial charge < -0.3 is 10.2 Å². The molecule has 0 radical (unpaired) electrons. The lowest BCUT2D eigenvalue weighted by Crippen LogP contribution is -2.66. The Balaban J connectivity index is 1.76. The number of hydrogen-bond donors (Lipinski definition) is 2. The predicted octanol–water partition coefficient (Wildman–Crippen LogP) is 3.31. The molecule has 6 nitrogen and oxygen atoms in total. The molecule has 2 N–H and O–H groups in total. The molecule has 0 saturated carbocycles. The van der Waals surface area contributed by atoms with Gasteiger partial charge in [0.1, 0.15) is 6.61 Å². The number of fused-ring (bicyclic) bond motifs is 5. The van der Waals surface area contributed by atoms with Gasteiger partial charge in [-0.15, -0.1) is 0 Å². The van der Waals surface area contributed by atoms with Gasteiger partial charge in [-0.25, -0.2) is 0 Å². The third kappa shape index (κ3) is 2.69. The number of carbonyl (C=O) groups excluding carboxylic acids is 2. The summed E-state index contributed by atoms with van der Waals surface area (Å²) in [7, 11) is 0. The maximum Gasteiger partial charge on any atom is 0.198 e. The summed E-state index contributed by atoms with van der Waals surface area (Å²) in [5.41, 5.74) is 3.25. The van der Waals surface area contributed by atoms with E-state index in [-0.39, 0.29) is 18.1 Å². The first kappa shape index (κ1) is 21.8.